The van der Waals surface area contributed by atoms with Gasteiger partial charge in [0.1, 0.15) is 0 Å². The summed E-state index contributed by atoms with van der Waals surface area (Å²) < 4.78 is 4.49. The van der Waals surface area contributed by atoms with Crippen LogP contribution in [0.5, 0.6) is 0 Å². The van der Waals surface area contributed by atoms with Crippen molar-refractivity contribution in [3.8, 4) is 23.7 Å². The minimum Gasteiger partial charge on any atom is -0.469 e. The van der Waals surface area contributed by atoms with Crippen molar-refractivity contribution in [1.29, 1.82) is 0 Å². The maximum atomic E-state index is 10.8. The minimum atomic E-state index is -0.284. The van der Waals surface area contributed by atoms with E-state index in [9.17, 15) is 4.79 Å². The molecule has 0 aromatic heterocycles. The van der Waals surface area contributed by atoms with Gasteiger partial charge in [0, 0.05) is 0 Å². The number of allylic oxidation sites excluding steroid dienone is 6. The lowest BCUT2D eigenvalue weighted by Gasteiger charge is -1.89. The van der Waals surface area contributed by atoms with E-state index in [2.05, 4.69) is 52.7 Å². The third kappa shape index (κ3) is 10.5. The first-order chi connectivity index (χ1) is 11.8. The summed E-state index contributed by atoms with van der Waals surface area (Å²) in [5, 5.41) is 0. The van der Waals surface area contributed by atoms with Gasteiger partial charge in [-0.2, -0.15) is 0 Å². The molecule has 0 aliphatic rings. The molecular weight excluding hydrogens is 296 g/mol. The van der Waals surface area contributed by atoms with Crippen molar-refractivity contribution >= 4 is 12.0 Å². The molecule has 0 aliphatic carbocycles. The number of ether oxygens (including phenoxy) is 1. The van der Waals surface area contributed by atoms with Gasteiger partial charge in [-0.3, -0.25) is 4.79 Å². The first kappa shape index (κ1) is 18.8. The third-order valence-electron chi connectivity index (χ3n) is 2.73. The molecule has 0 unspecified atom stereocenters. The van der Waals surface area contributed by atoms with Crippen LogP contribution in [-0.2, 0) is 9.53 Å². The summed E-state index contributed by atoms with van der Waals surface area (Å²) in [6.45, 7) is 0. The fraction of sp³-hybridized carbons (Fsp3) is 0.136. The summed E-state index contributed by atoms with van der Waals surface area (Å²) >= 11 is 0. The molecule has 0 aliphatic heterocycles. The fourth-order valence-electron chi connectivity index (χ4n) is 1.55. The zero-order valence-corrected chi connectivity index (χ0v) is 13.7. The first-order valence-corrected chi connectivity index (χ1v) is 7.59. The smallest absolute Gasteiger partial charge is 0.309 e. The van der Waals surface area contributed by atoms with E-state index in [1.54, 1.807) is 18.2 Å². The number of hydrogen-bond donors (Lipinski definition) is 0. The van der Waals surface area contributed by atoms with E-state index in [-0.39, 0.29) is 12.4 Å². The molecule has 0 fully saturated rings. The van der Waals surface area contributed by atoms with Gasteiger partial charge in [-0.25, -0.2) is 0 Å². The number of hydrogen-bond acceptors (Lipinski definition) is 2. The van der Waals surface area contributed by atoms with Gasteiger partial charge in [-0.1, -0.05) is 78.6 Å². The molecule has 0 N–H and O–H groups in total. The third-order valence-corrected chi connectivity index (χ3v) is 2.73. The topological polar surface area (TPSA) is 26.3 Å². The van der Waals surface area contributed by atoms with Crippen LogP contribution in [0.2, 0.25) is 0 Å². The van der Waals surface area contributed by atoms with E-state index >= 15 is 0 Å². The van der Waals surface area contributed by atoms with Crippen molar-refractivity contribution in [2.24, 2.45) is 0 Å². The van der Waals surface area contributed by atoms with Gasteiger partial charge in [0.15, 0.2) is 0 Å². The van der Waals surface area contributed by atoms with Gasteiger partial charge in [0.2, 0.25) is 0 Å². The molecule has 1 aromatic carbocycles. The summed E-state index contributed by atoms with van der Waals surface area (Å²) in [6.07, 6.45) is 16.2. The zero-order chi connectivity index (χ0) is 17.3. The highest BCUT2D eigenvalue weighted by molar-refractivity contribution is 5.71. The highest BCUT2D eigenvalue weighted by Gasteiger charge is 1.91. The van der Waals surface area contributed by atoms with Crippen molar-refractivity contribution in [3.05, 3.63) is 78.4 Å². The van der Waals surface area contributed by atoms with Gasteiger partial charge in [-0.05, 0) is 36.0 Å². The van der Waals surface area contributed by atoms with Crippen molar-refractivity contribution in [2.75, 3.05) is 7.11 Å². The van der Waals surface area contributed by atoms with Crippen molar-refractivity contribution in [1.82, 2.24) is 0 Å². The van der Waals surface area contributed by atoms with Crippen LogP contribution in [0, 0.1) is 23.7 Å². The second kappa shape index (κ2) is 13.4. The van der Waals surface area contributed by atoms with Crippen molar-refractivity contribution in [3.63, 3.8) is 0 Å². The maximum absolute atomic E-state index is 10.8. The minimum absolute atomic E-state index is 0.226. The predicted octanol–water partition coefficient (Wildman–Crippen LogP) is 4.33. The van der Waals surface area contributed by atoms with Crippen LogP contribution in [0.4, 0.5) is 0 Å². The first-order valence-electron chi connectivity index (χ1n) is 7.59. The summed E-state index contributed by atoms with van der Waals surface area (Å²) in [5.74, 6) is 10.7. The van der Waals surface area contributed by atoms with E-state index in [0.29, 0.717) is 0 Å². The molecule has 0 heterocycles. The Morgan fingerprint density at radius 2 is 1.71 bits per heavy atom. The van der Waals surface area contributed by atoms with Crippen LogP contribution in [-0.4, -0.2) is 13.1 Å². The zero-order valence-electron chi connectivity index (χ0n) is 13.7. The molecule has 0 saturated carbocycles. The number of benzene rings is 1. The van der Waals surface area contributed by atoms with Crippen LogP contribution >= 0.6 is 0 Å². The Balaban J connectivity index is 2.21. The molecule has 1 aromatic rings. The fourth-order valence-corrected chi connectivity index (χ4v) is 1.55. The second-order valence-corrected chi connectivity index (χ2v) is 4.56. The number of esters is 1. The standard InChI is InChI=1S/C22H20O2/c1-24-22(23)20-16-11-9-7-5-3-2-4-6-8-10-13-17-21-18-14-12-15-19-21/h2,4,8,10-19H,6,20H2,1H3/b4-2+,10-8+,16-11+,17-13+. The molecule has 0 bridgehead atoms. The van der Waals surface area contributed by atoms with E-state index in [4.69, 9.17) is 0 Å². The van der Waals surface area contributed by atoms with Crippen LogP contribution < -0.4 is 0 Å². The van der Waals surface area contributed by atoms with Crippen LogP contribution in [0.25, 0.3) is 6.08 Å². The lowest BCUT2D eigenvalue weighted by Crippen LogP contribution is -1.96. The van der Waals surface area contributed by atoms with E-state index in [1.165, 1.54) is 12.7 Å². The van der Waals surface area contributed by atoms with Crippen LogP contribution in [0.3, 0.4) is 0 Å². The van der Waals surface area contributed by atoms with Gasteiger partial charge in [0.25, 0.3) is 0 Å². The Kier molecular flexibility index (Phi) is 10.5. The van der Waals surface area contributed by atoms with Gasteiger partial charge in [-0.15, -0.1) is 0 Å². The predicted molar refractivity (Wildman–Crippen MR) is 99.7 cm³/mol. The Bertz CT molecular complexity index is 727. The molecule has 0 atom stereocenters. The lowest BCUT2D eigenvalue weighted by molar-refractivity contribution is -0.139. The number of rotatable bonds is 6. The molecule has 2 nitrogen and oxygen atoms in total. The Morgan fingerprint density at radius 3 is 2.42 bits per heavy atom. The number of methoxy groups -OCH3 is 1. The average molecular weight is 316 g/mol. The van der Waals surface area contributed by atoms with Crippen molar-refractivity contribution in [2.45, 2.75) is 12.8 Å². The normalized spacial score (nSPS) is 10.7. The molecule has 24 heavy (non-hydrogen) atoms. The Hall–Kier alpha value is -3.23. The summed E-state index contributed by atoms with van der Waals surface area (Å²) in [4.78, 5) is 10.8. The maximum Gasteiger partial charge on any atom is 0.309 e. The van der Waals surface area contributed by atoms with E-state index in [0.717, 1.165) is 6.42 Å². The summed E-state index contributed by atoms with van der Waals surface area (Å²) in [5.41, 5.74) is 1.18. The molecule has 120 valence electrons. The highest BCUT2D eigenvalue weighted by atomic mass is 16.5. The largest absolute Gasteiger partial charge is 0.469 e. The quantitative estimate of drug-likeness (QED) is 0.443. The van der Waals surface area contributed by atoms with Crippen LogP contribution in [0.1, 0.15) is 18.4 Å². The van der Waals surface area contributed by atoms with Gasteiger partial charge in [0.05, 0.1) is 13.5 Å². The molecule has 0 saturated heterocycles. The molecule has 0 amide bonds. The number of carbonyl (C=O) groups excluding carboxylic acids is 1. The number of carbonyl (C=O) groups is 1. The molecule has 1 rings (SSSR count). The molecule has 2 heteroatoms. The summed E-state index contributed by atoms with van der Waals surface area (Å²) in [7, 11) is 1.36. The molecular formula is C22H20O2. The van der Waals surface area contributed by atoms with Crippen LogP contribution in [0.15, 0.2) is 72.9 Å². The molecule has 0 spiro atoms. The Morgan fingerprint density at radius 1 is 1.00 bits per heavy atom. The monoisotopic (exact) mass is 316 g/mol. The SMILES string of the molecule is COC(=O)C/C=C/C#CC#C/C=C/C/C=C/C=C/c1ccccc1. The van der Waals surface area contributed by atoms with Gasteiger partial charge >= 0.3 is 5.97 Å². The lowest BCUT2D eigenvalue weighted by atomic mass is 10.2. The second-order valence-electron chi connectivity index (χ2n) is 4.56. The van der Waals surface area contributed by atoms with E-state index < -0.39 is 0 Å². The Labute approximate surface area is 144 Å². The van der Waals surface area contributed by atoms with E-state index in [1.807, 2.05) is 36.4 Å². The van der Waals surface area contributed by atoms with Gasteiger partial charge < -0.3 is 4.74 Å². The molecule has 0 radical (unpaired) electrons. The van der Waals surface area contributed by atoms with Crippen molar-refractivity contribution < 1.29 is 9.53 Å². The summed E-state index contributed by atoms with van der Waals surface area (Å²) in [6, 6.07) is 10.2. The highest BCUT2D eigenvalue weighted by Crippen LogP contribution is 2.00. The average Bonchev–Trinajstić information content (AvgIpc) is 2.62.